The number of aromatic amines is 1. The molecule has 0 bridgehead atoms. The lowest BCUT2D eigenvalue weighted by atomic mass is 10.2. The average molecular weight is 287 g/mol. The fraction of sp³-hybridized carbons (Fsp3) is 0.545. The molecule has 0 unspecified atom stereocenters. The molecule has 0 saturated carbocycles. The summed E-state index contributed by atoms with van der Waals surface area (Å²) in [6.45, 7) is 5.10. The van der Waals surface area contributed by atoms with Gasteiger partial charge in [-0.1, -0.05) is 0 Å². The zero-order valence-electron chi connectivity index (χ0n) is 10.9. The smallest absolute Gasteiger partial charge is 0.352 e. The van der Waals surface area contributed by atoms with Crippen LogP contribution in [0.4, 0.5) is 0 Å². The van der Waals surface area contributed by atoms with Crippen LogP contribution < -0.4 is 5.32 Å². The summed E-state index contributed by atoms with van der Waals surface area (Å²) in [6, 6.07) is 0. The molecule has 1 fully saturated rings. The molecule has 0 aromatic carbocycles. The second kappa shape index (κ2) is 4.95. The number of piperazine rings is 1. The van der Waals surface area contributed by atoms with Gasteiger partial charge in [-0.15, -0.1) is 0 Å². The molecule has 1 aromatic heterocycles. The molecule has 1 saturated heterocycles. The van der Waals surface area contributed by atoms with Gasteiger partial charge in [-0.2, -0.15) is 4.31 Å². The van der Waals surface area contributed by atoms with Crippen molar-refractivity contribution in [1.82, 2.24) is 14.6 Å². The van der Waals surface area contributed by atoms with Crippen LogP contribution in [0, 0.1) is 13.8 Å². The normalized spacial score (nSPS) is 17.6. The number of aryl methyl sites for hydroxylation is 1. The quantitative estimate of drug-likeness (QED) is 0.722. The first-order valence-corrected chi connectivity index (χ1v) is 7.43. The van der Waals surface area contributed by atoms with E-state index in [-0.39, 0.29) is 16.2 Å². The summed E-state index contributed by atoms with van der Waals surface area (Å²) < 4.78 is 26.5. The molecule has 0 radical (unpaired) electrons. The van der Waals surface area contributed by atoms with Gasteiger partial charge >= 0.3 is 5.97 Å². The standard InChI is InChI=1S/C11H17N3O4S/c1-7-9(11(15)16)13-8(2)10(7)19(17,18)14-5-3-12-4-6-14/h12-13H,3-6H2,1-2H3,(H,15,16). The summed E-state index contributed by atoms with van der Waals surface area (Å²) in [6.07, 6.45) is 0. The van der Waals surface area contributed by atoms with Gasteiger partial charge in [0.15, 0.2) is 0 Å². The minimum atomic E-state index is -3.64. The number of hydrogen-bond donors (Lipinski definition) is 3. The Kier molecular flexibility index (Phi) is 3.66. The van der Waals surface area contributed by atoms with E-state index in [2.05, 4.69) is 10.3 Å². The number of H-pyrrole nitrogens is 1. The van der Waals surface area contributed by atoms with E-state index in [1.165, 1.54) is 11.2 Å². The number of carboxylic acids is 1. The molecule has 1 aliphatic heterocycles. The van der Waals surface area contributed by atoms with Crippen molar-refractivity contribution in [3.63, 3.8) is 0 Å². The Morgan fingerprint density at radius 3 is 2.32 bits per heavy atom. The first-order valence-electron chi connectivity index (χ1n) is 5.99. The van der Waals surface area contributed by atoms with Gasteiger partial charge in [0.25, 0.3) is 0 Å². The summed E-state index contributed by atoms with van der Waals surface area (Å²) in [5.74, 6) is -1.15. The van der Waals surface area contributed by atoms with E-state index >= 15 is 0 Å². The van der Waals surface area contributed by atoms with Gasteiger partial charge < -0.3 is 15.4 Å². The van der Waals surface area contributed by atoms with Crippen molar-refractivity contribution in [2.75, 3.05) is 26.2 Å². The zero-order chi connectivity index (χ0) is 14.2. The van der Waals surface area contributed by atoms with Gasteiger partial charge in [-0.3, -0.25) is 0 Å². The van der Waals surface area contributed by atoms with E-state index in [0.717, 1.165) is 0 Å². The van der Waals surface area contributed by atoms with Crippen LogP contribution in [0.1, 0.15) is 21.7 Å². The van der Waals surface area contributed by atoms with E-state index in [1.807, 2.05) is 0 Å². The summed E-state index contributed by atoms with van der Waals surface area (Å²) in [4.78, 5) is 13.8. The topological polar surface area (TPSA) is 102 Å². The Balaban J connectivity index is 2.48. The van der Waals surface area contributed by atoms with Crippen LogP contribution in [0.3, 0.4) is 0 Å². The van der Waals surface area contributed by atoms with E-state index in [4.69, 9.17) is 5.11 Å². The number of aromatic nitrogens is 1. The molecule has 19 heavy (non-hydrogen) atoms. The molecule has 1 aliphatic rings. The lowest BCUT2D eigenvalue weighted by molar-refractivity contribution is 0.0690. The van der Waals surface area contributed by atoms with Gasteiger partial charge in [0.05, 0.1) is 0 Å². The van der Waals surface area contributed by atoms with Crippen LogP contribution in [-0.2, 0) is 10.0 Å². The summed E-state index contributed by atoms with van der Waals surface area (Å²) in [7, 11) is -3.64. The molecule has 106 valence electrons. The molecule has 8 heteroatoms. The molecule has 7 nitrogen and oxygen atoms in total. The zero-order valence-corrected chi connectivity index (χ0v) is 11.7. The minimum absolute atomic E-state index is 0.0637. The summed E-state index contributed by atoms with van der Waals surface area (Å²) in [5.41, 5.74) is 0.572. The van der Waals surface area contributed by atoms with Gasteiger partial charge in [0.1, 0.15) is 10.6 Å². The molecule has 3 N–H and O–H groups in total. The van der Waals surface area contributed by atoms with Crippen LogP contribution in [0.25, 0.3) is 0 Å². The lowest BCUT2D eigenvalue weighted by Crippen LogP contribution is -2.46. The molecule has 0 aliphatic carbocycles. The average Bonchev–Trinajstić information content (AvgIpc) is 2.66. The van der Waals surface area contributed by atoms with E-state index in [0.29, 0.717) is 31.9 Å². The predicted octanol–water partition coefficient (Wildman–Crippen LogP) is -0.0764. The van der Waals surface area contributed by atoms with Crippen LogP contribution in [0.5, 0.6) is 0 Å². The van der Waals surface area contributed by atoms with Crippen molar-refractivity contribution >= 4 is 16.0 Å². The van der Waals surface area contributed by atoms with E-state index in [9.17, 15) is 13.2 Å². The number of sulfonamides is 1. The SMILES string of the molecule is Cc1[nH]c(C(=O)O)c(C)c1S(=O)(=O)N1CCNCC1. The summed E-state index contributed by atoms with van der Waals surface area (Å²) in [5, 5.41) is 12.1. The molecular formula is C11H17N3O4S. The first kappa shape index (κ1) is 14.0. The van der Waals surface area contributed by atoms with Gasteiger partial charge in [0.2, 0.25) is 10.0 Å². The Bertz CT molecular complexity index is 600. The number of rotatable bonds is 3. The third-order valence-corrected chi connectivity index (χ3v) is 5.43. The number of hydrogen-bond acceptors (Lipinski definition) is 4. The Labute approximate surface area is 111 Å². The predicted molar refractivity (Wildman–Crippen MR) is 68.9 cm³/mol. The van der Waals surface area contributed by atoms with Crippen LogP contribution in [0.2, 0.25) is 0 Å². The number of carbonyl (C=O) groups is 1. The second-order valence-electron chi connectivity index (χ2n) is 4.54. The van der Waals surface area contributed by atoms with Crippen LogP contribution in [-0.4, -0.2) is 55.0 Å². The summed E-state index contributed by atoms with van der Waals surface area (Å²) >= 11 is 0. The van der Waals surface area contributed by atoms with E-state index < -0.39 is 16.0 Å². The fourth-order valence-electron chi connectivity index (χ4n) is 2.35. The monoisotopic (exact) mass is 287 g/mol. The number of nitrogens with zero attached hydrogens (tertiary/aromatic N) is 1. The maximum absolute atomic E-state index is 12.6. The third kappa shape index (κ3) is 2.38. The van der Waals surface area contributed by atoms with Crippen LogP contribution in [0.15, 0.2) is 4.90 Å². The van der Waals surface area contributed by atoms with Crippen molar-refractivity contribution in [3.05, 3.63) is 17.0 Å². The Hall–Kier alpha value is -1.38. The highest BCUT2D eigenvalue weighted by Gasteiger charge is 2.32. The van der Waals surface area contributed by atoms with Crippen LogP contribution >= 0.6 is 0 Å². The maximum Gasteiger partial charge on any atom is 0.352 e. The van der Waals surface area contributed by atoms with Crippen molar-refractivity contribution in [2.24, 2.45) is 0 Å². The highest BCUT2D eigenvalue weighted by Crippen LogP contribution is 2.26. The first-order chi connectivity index (χ1) is 8.85. The molecule has 1 aromatic rings. The second-order valence-corrected chi connectivity index (χ2v) is 6.41. The third-order valence-electron chi connectivity index (χ3n) is 3.26. The number of carboxylic acid groups (broad SMARTS) is 1. The maximum atomic E-state index is 12.6. The van der Waals surface area contributed by atoms with Gasteiger partial charge in [-0.25, -0.2) is 13.2 Å². The Morgan fingerprint density at radius 1 is 1.26 bits per heavy atom. The number of aromatic carboxylic acids is 1. The van der Waals surface area contributed by atoms with E-state index in [1.54, 1.807) is 6.92 Å². The molecule has 0 spiro atoms. The minimum Gasteiger partial charge on any atom is -0.477 e. The molecule has 2 heterocycles. The van der Waals surface area contributed by atoms with Crippen molar-refractivity contribution in [3.8, 4) is 0 Å². The molecule has 0 atom stereocenters. The fourth-order valence-corrected chi connectivity index (χ4v) is 4.20. The van der Waals surface area contributed by atoms with Gasteiger partial charge in [0, 0.05) is 37.4 Å². The highest BCUT2D eigenvalue weighted by molar-refractivity contribution is 7.89. The van der Waals surface area contributed by atoms with Crippen molar-refractivity contribution in [1.29, 1.82) is 0 Å². The number of nitrogens with one attached hydrogen (secondary N) is 2. The Morgan fingerprint density at radius 2 is 1.84 bits per heavy atom. The molecule has 0 amide bonds. The van der Waals surface area contributed by atoms with Crippen molar-refractivity contribution in [2.45, 2.75) is 18.7 Å². The lowest BCUT2D eigenvalue weighted by Gasteiger charge is -2.26. The largest absolute Gasteiger partial charge is 0.477 e. The van der Waals surface area contributed by atoms with Crippen molar-refractivity contribution < 1.29 is 18.3 Å². The molecule has 2 rings (SSSR count). The molecular weight excluding hydrogens is 270 g/mol. The highest BCUT2D eigenvalue weighted by atomic mass is 32.2. The van der Waals surface area contributed by atoms with Gasteiger partial charge in [-0.05, 0) is 13.8 Å².